The maximum atomic E-state index is 6.08. The van der Waals surface area contributed by atoms with Crippen LogP contribution in [-0.2, 0) is 0 Å². The first kappa shape index (κ1) is 12.3. The van der Waals surface area contributed by atoms with Gasteiger partial charge in [-0.15, -0.1) is 0 Å². The average Bonchev–Trinajstić information content (AvgIpc) is 2.29. The summed E-state index contributed by atoms with van der Waals surface area (Å²) in [5, 5.41) is 0.699. The molecule has 0 saturated carbocycles. The molecule has 1 aromatic carbocycles. The second kappa shape index (κ2) is 4.63. The fraction of sp³-hybridized carbons (Fsp3) is 0.167. The number of aryl methyl sites for hydroxylation is 2. The van der Waals surface area contributed by atoms with E-state index in [1.54, 1.807) is 0 Å². The van der Waals surface area contributed by atoms with E-state index in [-0.39, 0.29) is 0 Å². The van der Waals surface area contributed by atoms with Crippen LogP contribution in [0.1, 0.15) is 11.3 Å². The third-order valence-electron chi connectivity index (χ3n) is 2.47. The molecule has 88 valence electrons. The highest BCUT2D eigenvalue weighted by Gasteiger charge is 2.09. The summed E-state index contributed by atoms with van der Waals surface area (Å²) >= 11 is 9.41. The van der Waals surface area contributed by atoms with E-state index in [1.807, 2.05) is 32.0 Å². The van der Waals surface area contributed by atoms with Crippen LogP contribution in [0.3, 0.4) is 0 Å². The molecule has 0 amide bonds. The van der Waals surface area contributed by atoms with Crippen molar-refractivity contribution in [2.75, 3.05) is 5.73 Å². The lowest BCUT2D eigenvalue weighted by Crippen LogP contribution is -2.00. The highest BCUT2D eigenvalue weighted by atomic mass is 79.9. The molecule has 2 aromatic rings. The highest BCUT2D eigenvalue weighted by molar-refractivity contribution is 9.10. The summed E-state index contributed by atoms with van der Waals surface area (Å²) in [5.41, 5.74) is 8.49. The molecule has 0 unspecified atom stereocenters. The maximum absolute atomic E-state index is 6.08. The Bertz CT molecular complexity index is 561. The number of nitrogens with zero attached hydrogens (tertiary/aromatic N) is 2. The first-order valence-corrected chi connectivity index (χ1v) is 6.22. The summed E-state index contributed by atoms with van der Waals surface area (Å²) in [7, 11) is 0. The Morgan fingerprint density at radius 2 is 1.94 bits per heavy atom. The highest BCUT2D eigenvalue weighted by Crippen LogP contribution is 2.27. The fourth-order valence-corrected chi connectivity index (χ4v) is 1.80. The van der Waals surface area contributed by atoms with E-state index in [1.165, 1.54) is 0 Å². The smallest absolute Gasteiger partial charge is 0.161 e. The second-order valence-electron chi connectivity index (χ2n) is 3.80. The summed E-state index contributed by atoms with van der Waals surface area (Å²) in [6.07, 6.45) is 0. The SMILES string of the molecule is Cc1ccc(-c2nc(C)c(Br)c(N)n2)cc1Cl. The molecule has 0 aliphatic heterocycles. The number of nitrogen functional groups attached to an aromatic ring is 1. The van der Waals surface area contributed by atoms with Gasteiger partial charge in [0.15, 0.2) is 5.82 Å². The summed E-state index contributed by atoms with van der Waals surface area (Å²) in [6.45, 7) is 3.83. The third kappa shape index (κ3) is 2.42. The molecule has 2 rings (SSSR count). The number of nitrogens with two attached hydrogens (primary N) is 1. The normalized spacial score (nSPS) is 10.6. The van der Waals surface area contributed by atoms with E-state index in [2.05, 4.69) is 25.9 Å². The Kier molecular flexibility index (Phi) is 3.35. The topological polar surface area (TPSA) is 51.8 Å². The van der Waals surface area contributed by atoms with Gasteiger partial charge in [-0.2, -0.15) is 0 Å². The van der Waals surface area contributed by atoms with Crippen LogP contribution in [-0.4, -0.2) is 9.97 Å². The van der Waals surface area contributed by atoms with Gasteiger partial charge in [-0.1, -0.05) is 23.7 Å². The number of benzene rings is 1. The largest absolute Gasteiger partial charge is 0.383 e. The van der Waals surface area contributed by atoms with Crippen LogP contribution in [0.15, 0.2) is 22.7 Å². The van der Waals surface area contributed by atoms with Crippen molar-refractivity contribution in [1.29, 1.82) is 0 Å². The average molecular weight is 313 g/mol. The van der Waals surface area contributed by atoms with Gasteiger partial charge in [0.2, 0.25) is 0 Å². The summed E-state index contributed by atoms with van der Waals surface area (Å²) in [6, 6.07) is 5.72. The molecule has 1 aromatic heterocycles. The van der Waals surface area contributed by atoms with E-state index < -0.39 is 0 Å². The van der Waals surface area contributed by atoms with Crippen LogP contribution < -0.4 is 5.73 Å². The van der Waals surface area contributed by atoms with Crippen molar-refractivity contribution in [2.45, 2.75) is 13.8 Å². The lowest BCUT2D eigenvalue weighted by Gasteiger charge is -2.07. The lowest BCUT2D eigenvalue weighted by molar-refractivity contribution is 1.10. The molecule has 0 saturated heterocycles. The summed E-state index contributed by atoms with van der Waals surface area (Å²) < 4.78 is 0.736. The van der Waals surface area contributed by atoms with Crippen LogP contribution in [0.2, 0.25) is 5.02 Å². The minimum Gasteiger partial charge on any atom is -0.383 e. The molecule has 0 bridgehead atoms. The van der Waals surface area contributed by atoms with Gasteiger partial charge in [0.05, 0.1) is 10.2 Å². The van der Waals surface area contributed by atoms with Gasteiger partial charge in [0, 0.05) is 10.6 Å². The standard InChI is InChI=1S/C12H11BrClN3/c1-6-3-4-8(5-9(6)14)12-16-7(2)10(13)11(15)17-12/h3-5H,1-2H3,(H2,15,16,17). The zero-order chi connectivity index (χ0) is 12.6. The zero-order valence-corrected chi connectivity index (χ0v) is 11.8. The number of hydrogen-bond donors (Lipinski definition) is 1. The predicted molar refractivity (Wildman–Crippen MR) is 74.1 cm³/mol. The number of aromatic nitrogens is 2. The molecule has 0 atom stereocenters. The number of halogens is 2. The van der Waals surface area contributed by atoms with Crippen molar-refractivity contribution in [3.05, 3.63) is 39.0 Å². The molecular weight excluding hydrogens is 302 g/mol. The van der Waals surface area contributed by atoms with Crippen LogP contribution in [0.4, 0.5) is 5.82 Å². The third-order valence-corrected chi connectivity index (χ3v) is 3.86. The second-order valence-corrected chi connectivity index (χ2v) is 5.00. The molecule has 0 radical (unpaired) electrons. The van der Waals surface area contributed by atoms with Crippen molar-refractivity contribution in [2.24, 2.45) is 0 Å². The molecule has 17 heavy (non-hydrogen) atoms. The Balaban J connectivity index is 2.57. The molecule has 0 aliphatic carbocycles. The molecule has 2 N–H and O–H groups in total. The van der Waals surface area contributed by atoms with Crippen molar-refractivity contribution in [3.8, 4) is 11.4 Å². The summed E-state index contributed by atoms with van der Waals surface area (Å²) in [4.78, 5) is 8.61. The number of hydrogen-bond acceptors (Lipinski definition) is 3. The Labute approximate surface area is 113 Å². The molecule has 0 spiro atoms. The quantitative estimate of drug-likeness (QED) is 0.872. The Hall–Kier alpha value is -1.13. The minimum atomic E-state index is 0.434. The van der Waals surface area contributed by atoms with Crippen LogP contribution in [0.25, 0.3) is 11.4 Å². The Morgan fingerprint density at radius 3 is 2.53 bits per heavy atom. The van der Waals surface area contributed by atoms with Gasteiger partial charge in [-0.05, 0) is 41.4 Å². The van der Waals surface area contributed by atoms with Crippen molar-refractivity contribution in [3.63, 3.8) is 0 Å². The van der Waals surface area contributed by atoms with E-state index in [0.29, 0.717) is 16.7 Å². The van der Waals surface area contributed by atoms with Crippen LogP contribution in [0, 0.1) is 13.8 Å². The fourth-order valence-electron chi connectivity index (χ4n) is 1.44. The van der Waals surface area contributed by atoms with Crippen molar-refractivity contribution >= 4 is 33.3 Å². The Morgan fingerprint density at radius 1 is 1.24 bits per heavy atom. The lowest BCUT2D eigenvalue weighted by atomic mass is 10.1. The first-order chi connectivity index (χ1) is 7.99. The predicted octanol–water partition coefficient (Wildman–Crippen LogP) is 3.76. The molecule has 0 fully saturated rings. The minimum absolute atomic E-state index is 0.434. The molecule has 5 heteroatoms. The van der Waals surface area contributed by atoms with Gasteiger partial charge in [0.1, 0.15) is 5.82 Å². The van der Waals surface area contributed by atoms with Crippen molar-refractivity contribution < 1.29 is 0 Å². The van der Waals surface area contributed by atoms with E-state index in [4.69, 9.17) is 17.3 Å². The van der Waals surface area contributed by atoms with Gasteiger partial charge in [0.25, 0.3) is 0 Å². The maximum Gasteiger partial charge on any atom is 0.161 e. The van der Waals surface area contributed by atoms with E-state index >= 15 is 0 Å². The molecule has 0 aliphatic rings. The number of rotatable bonds is 1. The molecule has 1 heterocycles. The number of anilines is 1. The summed E-state index contributed by atoms with van der Waals surface area (Å²) in [5.74, 6) is 1.02. The first-order valence-electron chi connectivity index (χ1n) is 5.05. The van der Waals surface area contributed by atoms with Gasteiger partial charge >= 0.3 is 0 Å². The zero-order valence-electron chi connectivity index (χ0n) is 9.46. The van der Waals surface area contributed by atoms with Gasteiger partial charge < -0.3 is 5.73 Å². The van der Waals surface area contributed by atoms with Crippen molar-refractivity contribution in [1.82, 2.24) is 9.97 Å². The van der Waals surface area contributed by atoms with E-state index in [0.717, 1.165) is 21.3 Å². The van der Waals surface area contributed by atoms with E-state index in [9.17, 15) is 0 Å². The van der Waals surface area contributed by atoms with Gasteiger partial charge in [-0.3, -0.25) is 0 Å². The monoisotopic (exact) mass is 311 g/mol. The molecule has 3 nitrogen and oxygen atoms in total. The van der Waals surface area contributed by atoms with Crippen LogP contribution in [0.5, 0.6) is 0 Å². The van der Waals surface area contributed by atoms with Gasteiger partial charge in [-0.25, -0.2) is 9.97 Å². The van der Waals surface area contributed by atoms with Crippen LogP contribution >= 0.6 is 27.5 Å². The molecular formula is C12H11BrClN3.